The zero-order chi connectivity index (χ0) is 13.2. The number of rotatable bonds is 4. The van der Waals surface area contributed by atoms with Crippen LogP contribution in [0.4, 0.5) is 0 Å². The Morgan fingerprint density at radius 3 is 3.16 bits per heavy atom. The Labute approximate surface area is 117 Å². The average molecular weight is 276 g/mol. The van der Waals surface area contributed by atoms with Crippen LogP contribution in [0.25, 0.3) is 10.7 Å². The molecule has 2 heterocycles. The molecule has 0 aliphatic heterocycles. The third-order valence-electron chi connectivity index (χ3n) is 3.63. The number of hydrogen-bond acceptors (Lipinski definition) is 4. The third kappa shape index (κ3) is 2.44. The molecule has 1 atom stereocenters. The Morgan fingerprint density at radius 1 is 1.53 bits per heavy atom. The minimum atomic E-state index is 0.503. The highest BCUT2D eigenvalue weighted by molar-refractivity contribution is 7.15. The number of nitrogens with one attached hydrogen (secondary N) is 1. The monoisotopic (exact) mass is 276 g/mol. The lowest BCUT2D eigenvalue weighted by Gasteiger charge is -2.22. The molecule has 0 saturated heterocycles. The molecule has 4 nitrogen and oxygen atoms in total. The summed E-state index contributed by atoms with van der Waals surface area (Å²) in [5.74, 6) is 0. The second-order valence-corrected chi connectivity index (χ2v) is 6.10. The topological polar surface area (TPSA) is 42.7 Å². The van der Waals surface area contributed by atoms with Crippen LogP contribution in [-0.4, -0.2) is 21.3 Å². The number of hydrogen-bond donors (Lipinski definition) is 1. The minimum absolute atomic E-state index is 0.503. The van der Waals surface area contributed by atoms with E-state index >= 15 is 0 Å². The maximum atomic E-state index is 4.83. The molecule has 0 fully saturated rings. The fourth-order valence-corrected chi connectivity index (χ4v) is 3.90. The second-order valence-electron chi connectivity index (χ2n) is 5.07. The molecule has 3 rings (SSSR count). The third-order valence-corrected chi connectivity index (χ3v) is 4.87. The Kier molecular flexibility index (Phi) is 3.66. The van der Waals surface area contributed by atoms with E-state index in [2.05, 4.69) is 17.3 Å². The van der Waals surface area contributed by atoms with Crippen LogP contribution in [0.5, 0.6) is 0 Å². The molecule has 2 aromatic rings. The number of nitrogens with zero attached hydrogens (tertiary/aromatic N) is 3. The molecule has 0 amide bonds. The number of fused-ring (bicyclic) bond motifs is 1. The van der Waals surface area contributed by atoms with Gasteiger partial charge in [-0.3, -0.25) is 4.68 Å². The Balaban J connectivity index is 1.91. The molecule has 0 bridgehead atoms. The molecule has 0 spiro atoms. The van der Waals surface area contributed by atoms with E-state index < -0.39 is 0 Å². The van der Waals surface area contributed by atoms with Crippen molar-refractivity contribution in [3.8, 4) is 10.7 Å². The molecular weight excluding hydrogens is 256 g/mol. The maximum Gasteiger partial charge on any atom is 0.142 e. The van der Waals surface area contributed by atoms with E-state index in [4.69, 9.17) is 4.98 Å². The zero-order valence-corrected chi connectivity index (χ0v) is 12.3. The standard InChI is InChI=1S/C14H20N4S/c1-3-8-15-10-5-4-6-11-13(10)19-14(17-11)12-7-9-16-18(12)2/h7,9-10,15H,3-6,8H2,1-2H3. The van der Waals surface area contributed by atoms with Crippen LogP contribution in [0, 0.1) is 0 Å². The first-order chi connectivity index (χ1) is 9.29. The molecule has 102 valence electrons. The first kappa shape index (κ1) is 12.8. The second kappa shape index (κ2) is 5.43. The molecule has 0 aromatic carbocycles. The van der Waals surface area contributed by atoms with Gasteiger partial charge in [0.05, 0.1) is 11.4 Å². The van der Waals surface area contributed by atoms with Crippen LogP contribution in [0.2, 0.25) is 0 Å². The Hall–Kier alpha value is -1.20. The average Bonchev–Trinajstić information content (AvgIpc) is 3.01. The largest absolute Gasteiger partial charge is 0.309 e. The normalized spacial score (nSPS) is 18.5. The van der Waals surface area contributed by atoms with Gasteiger partial charge < -0.3 is 5.32 Å². The lowest BCUT2D eigenvalue weighted by molar-refractivity contribution is 0.465. The lowest BCUT2D eigenvalue weighted by atomic mass is 9.98. The van der Waals surface area contributed by atoms with Crippen molar-refractivity contribution in [1.82, 2.24) is 20.1 Å². The van der Waals surface area contributed by atoms with Gasteiger partial charge in [0, 0.05) is 24.2 Å². The van der Waals surface area contributed by atoms with Gasteiger partial charge in [-0.15, -0.1) is 11.3 Å². The molecule has 19 heavy (non-hydrogen) atoms. The van der Waals surface area contributed by atoms with E-state index in [1.165, 1.54) is 29.8 Å². The van der Waals surface area contributed by atoms with Crippen LogP contribution in [0.3, 0.4) is 0 Å². The van der Waals surface area contributed by atoms with Gasteiger partial charge in [0.25, 0.3) is 0 Å². The smallest absolute Gasteiger partial charge is 0.142 e. The summed E-state index contributed by atoms with van der Waals surface area (Å²) in [7, 11) is 1.97. The zero-order valence-electron chi connectivity index (χ0n) is 11.5. The molecule has 2 aromatic heterocycles. The Morgan fingerprint density at radius 2 is 2.42 bits per heavy atom. The van der Waals surface area contributed by atoms with Crippen LogP contribution in [0.15, 0.2) is 12.3 Å². The minimum Gasteiger partial charge on any atom is -0.309 e. The van der Waals surface area contributed by atoms with E-state index in [-0.39, 0.29) is 0 Å². The summed E-state index contributed by atoms with van der Waals surface area (Å²) in [6, 6.07) is 2.54. The summed E-state index contributed by atoms with van der Waals surface area (Å²) in [5.41, 5.74) is 2.41. The number of aryl methyl sites for hydroxylation is 2. The first-order valence-corrected chi connectivity index (χ1v) is 7.82. The highest BCUT2D eigenvalue weighted by Crippen LogP contribution is 2.37. The van der Waals surface area contributed by atoms with Crippen molar-refractivity contribution in [2.24, 2.45) is 7.05 Å². The van der Waals surface area contributed by atoms with Gasteiger partial charge in [0.1, 0.15) is 5.01 Å². The number of aromatic nitrogens is 3. The fourth-order valence-electron chi connectivity index (χ4n) is 2.63. The summed E-state index contributed by atoms with van der Waals surface area (Å²) in [5, 5.41) is 8.99. The summed E-state index contributed by atoms with van der Waals surface area (Å²) in [6.07, 6.45) is 6.61. The van der Waals surface area contributed by atoms with Crippen molar-refractivity contribution in [2.45, 2.75) is 38.6 Å². The SMILES string of the molecule is CCCNC1CCCc2nc(-c3ccnn3C)sc21. The van der Waals surface area contributed by atoms with Gasteiger partial charge in [0.2, 0.25) is 0 Å². The van der Waals surface area contributed by atoms with Crippen molar-refractivity contribution in [3.05, 3.63) is 22.8 Å². The summed E-state index contributed by atoms with van der Waals surface area (Å²) >= 11 is 1.83. The lowest BCUT2D eigenvalue weighted by Crippen LogP contribution is -2.24. The fraction of sp³-hybridized carbons (Fsp3) is 0.571. The van der Waals surface area contributed by atoms with Gasteiger partial charge in [-0.25, -0.2) is 4.98 Å². The van der Waals surface area contributed by atoms with E-state index in [1.807, 2.05) is 35.3 Å². The van der Waals surface area contributed by atoms with E-state index in [0.29, 0.717) is 6.04 Å². The first-order valence-electron chi connectivity index (χ1n) is 7.01. The summed E-state index contributed by atoms with van der Waals surface area (Å²) in [4.78, 5) is 6.27. The molecule has 1 aliphatic carbocycles. The van der Waals surface area contributed by atoms with E-state index in [9.17, 15) is 0 Å². The van der Waals surface area contributed by atoms with Gasteiger partial charge in [0.15, 0.2) is 0 Å². The molecule has 1 unspecified atom stereocenters. The Bertz CT molecular complexity index is 558. The van der Waals surface area contributed by atoms with E-state index in [1.54, 1.807) is 0 Å². The highest BCUT2D eigenvalue weighted by Gasteiger charge is 2.24. The maximum absolute atomic E-state index is 4.83. The van der Waals surface area contributed by atoms with Crippen LogP contribution in [0.1, 0.15) is 42.8 Å². The van der Waals surface area contributed by atoms with Crippen molar-refractivity contribution in [3.63, 3.8) is 0 Å². The molecule has 0 saturated carbocycles. The molecule has 1 N–H and O–H groups in total. The number of thiazole rings is 1. The molecule has 5 heteroatoms. The summed E-state index contributed by atoms with van der Waals surface area (Å²) in [6.45, 7) is 3.30. The van der Waals surface area contributed by atoms with Gasteiger partial charge in [-0.1, -0.05) is 6.92 Å². The van der Waals surface area contributed by atoms with Crippen molar-refractivity contribution < 1.29 is 0 Å². The van der Waals surface area contributed by atoms with Gasteiger partial charge in [-0.05, 0) is 38.3 Å². The van der Waals surface area contributed by atoms with Crippen molar-refractivity contribution in [2.75, 3.05) is 6.54 Å². The predicted octanol–water partition coefficient (Wildman–Crippen LogP) is 2.92. The van der Waals surface area contributed by atoms with Crippen LogP contribution in [-0.2, 0) is 13.5 Å². The summed E-state index contributed by atoms with van der Waals surface area (Å²) < 4.78 is 1.90. The van der Waals surface area contributed by atoms with Crippen molar-refractivity contribution >= 4 is 11.3 Å². The van der Waals surface area contributed by atoms with Gasteiger partial charge >= 0.3 is 0 Å². The van der Waals surface area contributed by atoms with Crippen LogP contribution >= 0.6 is 11.3 Å². The highest BCUT2D eigenvalue weighted by atomic mass is 32.1. The predicted molar refractivity (Wildman–Crippen MR) is 78.3 cm³/mol. The van der Waals surface area contributed by atoms with E-state index in [0.717, 1.165) is 23.7 Å². The molecule has 1 aliphatic rings. The van der Waals surface area contributed by atoms with Gasteiger partial charge in [-0.2, -0.15) is 5.10 Å². The molecule has 0 radical (unpaired) electrons. The van der Waals surface area contributed by atoms with Crippen LogP contribution < -0.4 is 5.32 Å². The van der Waals surface area contributed by atoms with Crippen molar-refractivity contribution in [1.29, 1.82) is 0 Å². The quantitative estimate of drug-likeness (QED) is 0.933. The molecular formula is C14H20N4S.